The van der Waals surface area contributed by atoms with Crippen LogP contribution < -0.4 is 0 Å². The van der Waals surface area contributed by atoms with Gasteiger partial charge in [0.05, 0.1) is 34.0 Å². The molecule has 0 fully saturated rings. The SMILES string of the molecule is Cc1ccc2c(c1)c1ccc[c-]c1c1ncc(-c3c(C)cccc3C)n21.Cc1cccc(C)c1-c1cnc2c3[c-]cccc3c3cc(CC(C)(C)C)ccc3n12.Cc1cccc(C)c1-c1cnc2c3[c-]cccc3c3ccccc3n12.[Ir].[Ir].[Ir].[Ir].[c-]1ccc(-c2ccccc2)cc1-c1ccccn1.[c-]1ccccc1-c1ccccn1. The van der Waals surface area contributed by atoms with Crippen LogP contribution >= 0.6 is 0 Å². The number of hydrogen-bond donors (Lipinski definition) is 0. The van der Waals surface area contributed by atoms with E-state index >= 15 is 0 Å². The normalized spacial score (nSPS) is 11.0. The minimum absolute atomic E-state index is 0. The Balaban J connectivity index is 0.000000135. The minimum Gasteiger partial charge on any atom is -0.333 e. The van der Waals surface area contributed by atoms with Gasteiger partial charge in [0.25, 0.3) is 0 Å². The van der Waals surface area contributed by atoms with Crippen molar-refractivity contribution >= 4 is 82.0 Å². The Hall–Kier alpha value is -10.8. The number of aromatic nitrogens is 8. The van der Waals surface area contributed by atoms with E-state index in [1.165, 1.54) is 121 Å². The number of aryl methyl sites for hydroxylation is 7. The van der Waals surface area contributed by atoms with Gasteiger partial charge in [-0.05, 0) is 163 Å². The Labute approximate surface area is 727 Å². The molecule has 0 bridgehead atoms. The average molecular weight is 2200 g/mol. The zero-order valence-corrected chi connectivity index (χ0v) is 75.1. The van der Waals surface area contributed by atoms with Gasteiger partial charge >= 0.3 is 0 Å². The van der Waals surface area contributed by atoms with Gasteiger partial charge in [-0.1, -0.05) is 194 Å². The molecule has 20 rings (SSSR count). The zero-order chi connectivity index (χ0) is 76.3. The van der Waals surface area contributed by atoms with E-state index in [4.69, 9.17) is 15.0 Å². The number of nitrogens with zero attached hydrogens (tertiary/aromatic N) is 8. The summed E-state index contributed by atoms with van der Waals surface area (Å²) in [4.78, 5) is 23.0. The van der Waals surface area contributed by atoms with Gasteiger partial charge in [-0.2, -0.15) is 0 Å². The van der Waals surface area contributed by atoms with E-state index < -0.39 is 0 Å². The van der Waals surface area contributed by atoms with Crippen molar-refractivity contribution in [3.05, 3.63) is 385 Å². The average Bonchev–Trinajstić information content (AvgIpc) is 1.59. The predicted octanol–water partition coefficient (Wildman–Crippen LogP) is 25.8. The van der Waals surface area contributed by atoms with Crippen LogP contribution in [-0.4, -0.2) is 38.1 Å². The summed E-state index contributed by atoms with van der Waals surface area (Å²) < 4.78 is 6.90. The molecule has 0 atom stereocenters. The standard InChI is InChI=1S/C28H27N2.C24H19N2.C23H17N2.C17H12N.C11H8N.4Ir/c1-18-9-8-10-19(2)26(18)25-17-29-27-22-12-7-6-11-21(22)23-15-20(16-28(3,4)5)13-14-24(23)30(25)27;1-15-11-12-21-20(13-15)18-9-4-5-10-19(18)24-25-14-22(26(21)24)23-16(2)7-6-8-17(23)3;1-15-8-7-9-16(2)22(15)21-14-24-23-19-12-4-3-10-17(19)18-11-5-6-13-20(18)25(21)23;1-2-7-14(8-3-1)15-9-6-10-16(13-15)17-11-4-5-12-18-17;1-2-6-10(7-3-1)11-8-4-5-9-12-11;;;;/h6-11,13-15,17H,16H2,1-5H3;4-9,11-14H,1-3H3;3-11,13-14H,1-2H3;1-9,11-13H;1-6,8-9H;;;;/q5*-1;;;;. The molecule has 0 saturated heterocycles. The van der Waals surface area contributed by atoms with E-state index in [1.54, 1.807) is 12.4 Å². The second-order valence-corrected chi connectivity index (χ2v) is 29.8. The van der Waals surface area contributed by atoms with E-state index in [-0.39, 0.29) is 85.8 Å². The molecule has 0 spiro atoms. The number of fused-ring (bicyclic) bond motifs is 18. The van der Waals surface area contributed by atoms with Crippen LogP contribution in [0.5, 0.6) is 0 Å². The van der Waals surface area contributed by atoms with Crippen molar-refractivity contribution in [1.82, 2.24) is 38.1 Å². The van der Waals surface area contributed by atoms with E-state index in [2.05, 4.69) is 293 Å². The molecule has 8 nitrogen and oxygen atoms in total. The van der Waals surface area contributed by atoms with Crippen LogP contribution in [0, 0.1) is 84.2 Å². The van der Waals surface area contributed by atoms with Crippen LogP contribution in [0.4, 0.5) is 0 Å². The Kier molecular flexibility index (Phi) is 26.7. The van der Waals surface area contributed by atoms with Gasteiger partial charge in [0, 0.05) is 145 Å². The Morgan fingerprint density at radius 1 is 0.296 bits per heavy atom. The Morgan fingerprint density at radius 3 is 1.16 bits per heavy atom. The molecule has 8 heterocycles. The third-order valence-corrected chi connectivity index (χ3v) is 20.7. The van der Waals surface area contributed by atoms with Gasteiger partial charge in [0.15, 0.2) is 0 Å². The fourth-order valence-electron chi connectivity index (χ4n) is 15.7. The predicted molar refractivity (Wildman–Crippen MR) is 462 cm³/mol. The molecule has 0 unspecified atom stereocenters. The topological polar surface area (TPSA) is 77.7 Å². The third-order valence-electron chi connectivity index (χ3n) is 20.7. The molecule has 0 aliphatic carbocycles. The molecule has 20 aromatic rings. The number of pyridine rings is 5. The summed E-state index contributed by atoms with van der Waals surface area (Å²) in [5.74, 6) is 0. The van der Waals surface area contributed by atoms with Crippen LogP contribution in [0.15, 0.2) is 310 Å². The fourth-order valence-corrected chi connectivity index (χ4v) is 15.7. The number of hydrogen-bond acceptors (Lipinski definition) is 5. The molecule has 8 aromatic heterocycles. The van der Waals surface area contributed by atoms with Crippen molar-refractivity contribution in [3.8, 4) is 67.4 Å². The van der Waals surface area contributed by atoms with Crippen LogP contribution in [0.25, 0.3) is 149 Å². The first-order valence-corrected chi connectivity index (χ1v) is 37.8. The van der Waals surface area contributed by atoms with E-state index in [0.717, 1.165) is 79.1 Å². The molecule has 0 saturated carbocycles. The monoisotopic (exact) mass is 2200 g/mol. The Bertz CT molecular complexity index is 6660. The second kappa shape index (κ2) is 36.8. The number of imidazole rings is 3. The maximum absolute atomic E-state index is 4.87. The molecule has 12 aromatic carbocycles. The summed E-state index contributed by atoms with van der Waals surface area (Å²) in [6, 6.07) is 113. The molecule has 0 N–H and O–H groups in total. The maximum atomic E-state index is 4.87. The molecule has 0 amide bonds. The quantitative estimate of drug-likeness (QED) is 0.117. The molecule has 0 aliphatic heterocycles. The molecule has 0 aliphatic rings. The second-order valence-electron chi connectivity index (χ2n) is 29.8. The van der Waals surface area contributed by atoms with Crippen molar-refractivity contribution in [2.24, 2.45) is 5.41 Å². The summed E-state index contributed by atoms with van der Waals surface area (Å²) in [7, 11) is 0. The number of benzene rings is 12. The van der Waals surface area contributed by atoms with Crippen LogP contribution in [0.3, 0.4) is 0 Å². The van der Waals surface area contributed by atoms with Crippen LogP contribution in [0.1, 0.15) is 65.3 Å². The summed E-state index contributed by atoms with van der Waals surface area (Å²) in [5.41, 5.74) is 30.6. The van der Waals surface area contributed by atoms with E-state index in [1.807, 2.05) is 128 Å². The minimum atomic E-state index is 0. The third kappa shape index (κ3) is 17.3. The maximum Gasteiger partial charge on any atom is 0.0639 e. The largest absolute Gasteiger partial charge is 0.333 e. The van der Waals surface area contributed by atoms with Gasteiger partial charge in [0.1, 0.15) is 0 Å². The zero-order valence-electron chi connectivity index (χ0n) is 65.6. The van der Waals surface area contributed by atoms with Crippen LogP contribution in [0.2, 0.25) is 0 Å². The summed E-state index contributed by atoms with van der Waals surface area (Å²) in [6.07, 6.45) is 10.7. The number of rotatable bonds is 7. The first-order chi connectivity index (χ1) is 54.1. The van der Waals surface area contributed by atoms with Crippen molar-refractivity contribution in [2.45, 2.75) is 75.7 Å². The Morgan fingerprint density at radius 2 is 0.696 bits per heavy atom. The van der Waals surface area contributed by atoms with Crippen molar-refractivity contribution in [3.63, 3.8) is 0 Å². The smallest absolute Gasteiger partial charge is 0.0639 e. The van der Waals surface area contributed by atoms with Gasteiger partial charge in [0.2, 0.25) is 0 Å². The van der Waals surface area contributed by atoms with E-state index in [0.29, 0.717) is 0 Å². The number of para-hydroxylation sites is 1. The van der Waals surface area contributed by atoms with Crippen LogP contribution in [-0.2, 0) is 86.8 Å². The molecule has 4 radical (unpaired) electrons. The fraction of sp³-hybridized carbons (Fsp3) is 0.117. The molecular formula is C103H83Ir4N8-5. The molecular weight excluding hydrogens is 2120 g/mol. The van der Waals surface area contributed by atoms with Crippen molar-refractivity contribution in [1.29, 1.82) is 0 Å². The van der Waals surface area contributed by atoms with Gasteiger partial charge in [-0.15, -0.1) is 160 Å². The molecule has 576 valence electrons. The van der Waals surface area contributed by atoms with Crippen molar-refractivity contribution in [2.75, 3.05) is 0 Å². The first-order valence-electron chi connectivity index (χ1n) is 37.8. The van der Waals surface area contributed by atoms with Gasteiger partial charge < -0.3 is 23.2 Å². The summed E-state index contributed by atoms with van der Waals surface area (Å²) in [5, 5.41) is 10.6. The summed E-state index contributed by atoms with van der Waals surface area (Å²) >= 11 is 0. The summed E-state index contributed by atoms with van der Waals surface area (Å²) in [6.45, 7) is 22.0. The first kappa shape index (κ1) is 83.6. The van der Waals surface area contributed by atoms with Gasteiger partial charge in [-0.25, -0.2) is 0 Å². The van der Waals surface area contributed by atoms with E-state index in [9.17, 15) is 0 Å². The van der Waals surface area contributed by atoms with Gasteiger partial charge in [-0.3, -0.25) is 15.0 Å². The van der Waals surface area contributed by atoms with Crippen molar-refractivity contribution < 1.29 is 80.4 Å². The molecule has 115 heavy (non-hydrogen) atoms. The molecule has 12 heteroatoms.